The highest BCUT2D eigenvalue weighted by Crippen LogP contribution is 2.33. The van der Waals surface area contributed by atoms with Crippen molar-refractivity contribution in [3.05, 3.63) is 18.2 Å². The summed E-state index contributed by atoms with van der Waals surface area (Å²) in [6.45, 7) is 2.26. The Bertz CT molecular complexity index is 332. The van der Waals surface area contributed by atoms with E-state index in [-0.39, 0.29) is 0 Å². The molecule has 0 saturated carbocycles. The minimum Gasteiger partial charge on any atom is -0.497 e. The zero-order valence-corrected chi connectivity index (χ0v) is 9.32. The van der Waals surface area contributed by atoms with Gasteiger partial charge in [0.25, 0.3) is 0 Å². The Labute approximate surface area is 90.6 Å². The van der Waals surface area contributed by atoms with Gasteiger partial charge in [0, 0.05) is 19.2 Å². The molecule has 1 saturated heterocycles. The van der Waals surface area contributed by atoms with Gasteiger partial charge in [-0.3, -0.25) is 0 Å². The van der Waals surface area contributed by atoms with E-state index in [0.29, 0.717) is 0 Å². The van der Waals surface area contributed by atoms with Gasteiger partial charge in [0.15, 0.2) is 0 Å². The average Bonchev–Trinajstić information content (AvgIpc) is 2.81. The van der Waals surface area contributed by atoms with Gasteiger partial charge in [-0.25, -0.2) is 0 Å². The third-order valence-corrected chi connectivity index (χ3v) is 2.83. The third-order valence-electron chi connectivity index (χ3n) is 2.83. The number of hydrogen-bond acceptors (Lipinski definition) is 3. The predicted molar refractivity (Wildman–Crippen MR) is 61.0 cm³/mol. The number of rotatable bonds is 3. The van der Waals surface area contributed by atoms with Gasteiger partial charge in [0.2, 0.25) is 0 Å². The molecule has 1 heterocycles. The second kappa shape index (κ2) is 4.43. The fraction of sp³-hybridized carbons (Fsp3) is 0.500. The fourth-order valence-electron chi connectivity index (χ4n) is 2.00. The first kappa shape index (κ1) is 10.1. The molecule has 2 rings (SSSR count). The first-order valence-electron chi connectivity index (χ1n) is 5.32. The van der Waals surface area contributed by atoms with Crippen LogP contribution in [0.25, 0.3) is 0 Å². The van der Waals surface area contributed by atoms with Crippen LogP contribution in [0, 0.1) is 0 Å². The average molecular weight is 207 g/mol. The molecule has 1 aliphatic heterocycles. The van der Waals surface area contributed by atoms with E-state index in [1.165, 1.54) is 18.5 Å². The normalized spacial score (nSPS) is 15.5. The number of methoxy groups -OCH3 is 2. The molecule has 0 unspecified atom stereocenters. The zero-order chi connectivity index (χ0) is 10.7. The minimum absolute atomic E-state index is 0.842. The van der Waals surface area contributed by atoms with Crippen molar-refractivity contribution in [3.8, 4) is 11.5 Å². The fourth-order valence-corrected chi connectivity index (χ4v) is 2.00. The lowest BCUT2D eigenvalue weighted by molar-refractivity contribution is 0.394. The Morgan fingerprint density at radius 2 is 1.80 bits per heavy atom. The minimum atomic E-state index is 0.842. The van der Waals surface area contributed by atoms with Crippen molar-refractivity contribution in [2.45, 2.75) is 12.8 Å². The Morgan fingerprint density at radius 3 is 2.40 bits per heavy atom. The van der Waals surface area contributed by atoms with Crippen LogP contribution in [0.5, 0.6) is 11.5 Å². The SMILES string of the molecule is COc1ccc(N2CCCC2)c(OC)c1. The zero-order valence-electron chi connectivity index (χ0n) is 9.32. The van der Waals surface area contributed by atoms with Gasteiger partial charge < -0.3 is 14.4 Å². The number of anilines is 1. The van der Waals surface area contributed by atoms with Gasteiger partial charge >= 0.3 is 0 Å². The van der Waals surface area contributed by atoms with Crippen LogP contribution in [-0.4, -0.2) is 27.3 Å². The van der Waals surface area contributed by atoms with Crippen LogP contribution < -0.4 is 14.4 Å². The smallest absolute Gasteiger partial charge is 0.145 e. The number of nitrogens with zero attached hydrogens (tertiary/aromatic N) is 1. The molecule has 0 bridgehead atoms. The van der Waals surface area contributed by atoms with Crippen molar-refractivity contribution in [1.82, 2.24) is 0 Å². The van der Waals surface area contributed by atoms with Crippen molar-refractivity contribution in [1.29, 1.82) is 0 Å². The lowest BCUT2D eigenvalue weighted by Crippen LogP contribution is -2.18. The topological polar surface area (TPSA) is 21.7 Å². The van der Waals surface area contributed by atoms with Crippen LogP contribution in [0.1, 0.15) is 12.8 Å². The number of benzene rings is 1. The standard InChI is InChI=1S/C12H17NO2/c1-14-10-5-6-11(12(9-10)15-2)13-7-3-4-8-13/h5-6,9H,3-4,7-8H2,1-2H3. The molecule has 1 aromatic carbocycles. The molecule has 15 heavy (non-hydrogen) atoms. The summed E-state index contributed by atoms with van der Waals surface area (Å²) < 4.78 is 10.6. The van der Waals surface area contributed by atoms with E-state index in [1.54, 1.807) is 14.2 Å². The van der Waals surface area contributed by atoms with Crippen LogP contribution in [0.2, 0.25) is 0 Å². The summed E-state index contributed by atoms with van der Waals surface area (Å²) in [5.41, 5.74) is 1.18. The highest BCUT2D eigenvalue weighted by atomic mass is 16.5. The van der Waals surface area contributed by atoms with Gasteiger partial charge in [-0.1, -0.05) is 0 Å². The maximum atomic E-state index is 5.38. The van der Waals surface area contributed by atoms with E-state index < -0.39 is 0 Å². The van der Waals surface area contributed by atoms with Crippen LogP contribution in [0.4, 0.5) is 5.69 Å². The molecule has 0 atom stereocenters. The molecule has 3 nitrogen and oxygen atoms in total. The van der Waals surface area contributed by atoms with E-state index in [4.69, 9.17) is 9.47 Å². The quantitative estimate of drug-likeness (QED) is 0.759. The Kier molecular flexibility index (Phi) is 2.99. The summed E-state index contributed by atoms with van der Waals surface area (Å²) in [6, 6.07) is 5.99. The lowest BCUT2D eigenvalue weighted by atomic mass is 10.2. The van der Waals surface area contributed by atoms with Gasteiger partial charge in [-0.05, 0) is 25.0 Å². The third kappa shape index (κ3) is 2.01. The summed E-state index contributed by atoms with van der Waals surface area (Å²) in [5.74, 6) is 1.74. The Balaban J connectivity index is 2.29. The molecular weight excluding hydrogens is 190 g/mol. The summed E-state index contributed by atoms with van der Waals surface area (Å²) in [4.78, 5) is 2.36. The summed E-state index contributed by atoms with van der Waals surface area (Å²) in [5, 5.41) is 0. The summed E-state index contributed by atoms with van der Waals surface area (Å²) in [7, 11) is 3.37. The maximum Gasteiger partial charge on any atom is 0.145 e. The molecule has 0 amide bonds. The highest BCUT2D eigenvalue weighted by molar-refractivity contribution is 5.61. The largest absolute Gasteiger partial charge is 0.497 e. The first-order valence-corrected chi connectivity index (χ1v) is 5.32. The van der Waals surface area contributed by atoms with Gasteiger partial charge in [0.05, 0.1) is 19.9 Å². The molecule has 0 N–H and O–H groups in total. The van der Waals surface area contributed by atoms with Crippen LogP contribution >= 0.6 is 0 Å². The number of ether oxygens (including phenoxy) is 2. The molecule has 1 aromatic rings. The molecule has 1 fully saturated rings. The van der Waals surface area contributed by atoms with Crippen molar-refractivity contribution in [2.75, 3.05) is 32.2 Å². The lowest BCUT2D eigenvalue weighted by Gasteiger charge is -2.20. The monoisotopic (exact) mass is 207 g/mol. The molecule has 0 radical (unpaired) electrons. The molecule has 1 aliphatic rings. The maximum absolute atomic E-state index is 5.38. The van der Waals surface area contributed by atoms with Crippen molar-refractivity contribution < 1.29 is 9.47 Å². The van der Waals surface area contributed by atoms with E-state index in [0.717, 1.165) is 24.6 Å². The van der Waals surface area contributed by atoms with Crippen molar-refractivity contribution in [2.24, 2.45) is 0 Å². The second-order valence-electron chi connectivity index (χ2n) is 3.73. The summed E-state index contributed by atoms with van der Waals surface area (Å²) in [6.07, 6.45) is 2.55. The second-order valence-corrected chi connectivity index (χ2v) is 3.73. The van der Waals surface area contributed by atoms with Crippen LogP contribution in [-0.2, 0) is 0 Å². The van der Waals surface area contributed by atoms with E-state index >= 15 is 0 Å². The molecule has 0 spiro atoms. The Hall–Kier alpha value is -1.38. The van der Waals surface area contributed by atoms with E-state index in [9.17, 15) is 0 Å². The van der Waals surface area contributed by atoms with Gasteiger partial charge in [-0.15, -0.1) is 0 Å². The molecule has 3 heteroatoms. The highest BCUT2D eigenvalue weighted by Gasteiger charge is 2.16. The van der Waals surface area contributed by atoms with Crippen LogP contribution in [0.3, 0.4) is 0 Å². The predicted octanol–water partition coefficient (Wildman–Crippen LogP) is 2.30. The molecule has 82 valence electrons. The Morgan fingerprint density at radius 1 is 1.07 bits per heavy atom. The number of hydrogen-bond donors (Lipinski definition) is 0. The van der Waals surface area contributed by atoms with E-state index in [1.807, 2.05) is 12.1 Å². The molecular formula is C12H17NO2. The van der Waals surface area contributed by atoms with Gasteiger partial charge in [0.1, 0.15) is 11.5 Å². The first-order chi connectivity index (χ1) is 7.35. The molecule has 0 aromatic heterocycles. The van der Waals surface area contributed by atoms with Crippen molar-refractivity contribution >= 4 is 5.69 Å². The van der Waals surface area contributed by atoms with Gasteiger partial charge in [-0.2, -0.15) is 0 Å². The molecule has 0 aliphatic carbocycles. The van der Waals surface area contributed by atoms with E-state index in [2.05, 4.69) is 11.0 Å². The summed E-state index contributed by atoms with van der Waals surface area (Å²) >= 11 is 0. The van der Waals surface area contributed by atoms with Crippen LogP contribution in [0.15, 0.2) is 18.2 Å². The van der Waals surface area contributed by atoms with Crippen molar-refractivity contribution in [3.63, 3.8) is 0 Å².